The van der Waals surface area contributed by atoms with Gasteiger partial charge in [0.1, 0.15) is 11.5 Å². The Balaban J connectivity index is 2.23. The first kappa shape index (κ1) is 16.9. The van der Waals surface area contributed by atoms with Gasteiger partial charge in [-0.3, -0.25) is 4.79 Å². The molecule has 0 amide bonds. The Kier molecular flexibility index (Phi) is 5.95. The fourth-order valence-corrected chi connectivity index (χ4v) is 2.26. The van der Waals surface area contributed by atoms with Gasteiger partial charge in [0.15, 0.2) is 0 Å². The van der Waals surface area contributed by atoms with E-state index >= 15 is 0 Å². The molecule has 0 radical (unpaired) electrons. The third kappa shape index (κ3) is 4.54. The molecule has 0 saturated carbocycles. The van der Waals surface area contributed by atoms with Crippen molar-refractivity contribution in [1.82, 2.24) is 0 Å². The lowest BCUT2D eigenvalue weighted by molar-refractivity contribution is -0.142. The number of carbonyl (C=O) groups is 1. The van der Waals surface area contributed by atoms with Crippen LogP contribution < -0.4 is 4.74 Å². The second-order valence-corrected chi connectivity index (χ2v) is 5.67. The molecule has 0 aliphatic carbocycles. The molecule has 0 saturated heterocycles. The van der Waals surface area contributed by atoms with Crippen LogP contribution in [0, 0.1) is 0 Å². The summed E-state index contributed by atoms with van der Waals surface area (Å²) >= 11 is 18.1. The molecule has 0 bridgehead atoms. The molecule has 22 heavy (non-hydrogen) atoms. The zero-order valence-electron chi connectivity index (χ0n) is 11.7. The van der Waals surface area contributed by atoms with Gasteiger partial charge in [-0.05, 0) is 36.8 Å². The first-order valence-corrected chi connectivity index (χ1v) is 7.70. The number of halogens is 3. The summed E-state index contributed by atoms with van der Waals surface area (Å²) in [5.74, 6) is 0.480. The normalized spacial score (nSPS) is 10.4. The summed E-state index contributed by atoms with van der Waals surface area (Å²) in [4.78, 5) is 11.5. The van der Waals surface area contributed by atoms with E-state index < -0.39 is 0 Å². The van der Waals surface area contributed by atoms with Gasteiger partial charge in [-0.15, -0.1) is 0 Å². The summed E-state index contributed by atoms with van der Waals surface area (Å²) in [6, 6.07) is 9.97. The predicted molar refractivity (Wildman–Crippen MR) is 88.3 cm³/mol. The summed E-state index contributed by atoms with van der Waals surface area (Å²) in [6.45, 7) is 2.10. The second kappa shape index (κ2) is 7.73. The average Bonchev–Trinajstić information content (AvgIpc) is 2.46. The Morgan fingerprint density at radius 2 is 1.64 bits per heavy atom. The van der Waals surface area contributed by atoms with Crippen molar-refractivity contribution in [3.8, 4) is 11.5 Å². The van der Waals surface area contributed by atoms with E-state index in [2.05, 4.69) is 0 Å². The van der Waals surface area contributed by atoms with Crippen molar-refractivity contribution in [2.45, 2.75) is 13.3 Å². The Labute approximate surface area is 143 Å². The summed E-state index contributed by atoms with van der Waals surface area (Å²) in [5, 5.41) is 1.32. The lowest BCUT2D eigenvalue weighted by atomic mass is 10.1. The molecule has 0 N–H and O–H groups in total. The van der Waals surface area contributed by atoms with E-state index in [0.29, 0.717) is 33.2 Å². The minimum Gasteiger partial charge on any atom is -0.466 e. The van der Waals surface area contributed by atoms with Crippen molar-refractivity contribution in [3.63, 3.8) is 0 Å². The predicted octanol–water partition coefficient (Wildman–Crippen LogP) is 5.54. The zero-order valence-corrected chi connectivity index (χ0v) is 14.0. The van der Waals surface area contributed by atoms with Gasteiger partial charge in [-0.1, -0.05) is 40.9 Å². The maximum atomic E-state index is 11.5. The maximum absolute atomic E-state index is 11.5. The SMILES string of the molecule is CCOC(=O)Cc1ccc(Cl)c(Oc2cc(Cl)ccc2Cl)c1. The lowest BCUT2D eigenvalue weighted by Crippen LogP contribution is -2.07. The van der Waals surface area contributed by atoms with E-state index in [1.54, 1.807) is 43.3 Å². The van der Waals surface area contributed by atoms with Gasteiger partial charge in [-0.2, -0.15) is 0 Å². The number of benzene rings is 2. The van der Waals surface area contributed by atoms with Crippen molar-refractivity contribution in [2.75, 3.05) is 6.61 Å². The fourth-order valence-electron chi connectivity index (χ4n) is 1.79. The van der Waals surface area contributed by atoms with Crippen LogP contribution in [0.1, 0.15) is 12.5 Å². The van der Waals surface area contributed by atoms with Crippen LogP contribution in [0.5, 0.6) is 11.5 Å². The highest BCUT2D eigenvalue weighted by molar-refractivity contribution is 6.34. The van der Waals surface area contributed by atoms with Gasteiger partial charge >= 0.3 is 5.97 Å². The summed E-state index contributed by atoms with van der Waals surface area (Å²) in [6.07, 6.45) is 0.143. The van der Waals surface area contributed by atoms with Gasteiger partial charge in [0.25, 0.3) is 0 Å². The average molecular weight is 360 g/mol. The minimum atomic E-state index is -0.309. The standard InChI is InChI=1S/C16H13Cl3O3/c1-2-21-16(20)8-10-3-5-12(18)14(7-10)22-15-9-11(17)4-6-13(15)19/h3-7,9H,2,8H2,1H3. The molecular weight excluding hydrogens is 347 g/mol. The molecule has 2 rings (SSSR count). The van der Waals surface area contributed by atoms with Crippen LogP contribution >= 0.6 is 34.8 Å². The van der Waals surface area contributed by atoms with E-state index in [1.807, 2.05) is 0 Å². The molecule has 2 aromatic rings. The van der Waals surface area contributed by atoms with Crippen LogP contribution in [0.25, 0.3) is 0 Å². The van der Waals surface area contributed by atoms with Crippen molar-refractivity contribution in [2.24, 2.45) is 0 Å². The number of esters is 1. The molecule has 0 atom stereocenters. The number of ether oxygens (including phenoxy) is 2. The third-order valence-electron chi connectivity index (χ3n) is 2.76. The maximum Gasteiger partial charge on any atom is 0.310 e. The van der Waals surface area contributed by atoms with Crippen LogP contribution in [-0.4, -0.2) is 12.6 Å². The van der Waals surface area contributed by atoms with E-state index in [0.717, 1.165) is 5.56 Å². The van der Waals surface area contributed by atoms with Gasteiger partial charge in [-0.25, -0.2) is 0 Å². The third-order valence-corrected chi connectivity index (χ3v) is 3.62. The highest BCUT2D eigenvalue weighted by Gasteiger charge is 2.11. The summed E-state index contributed by atoms with van der Waals surface area (Å²) in [5.41, 5.74) is 0.732. The molecule has 3 nitrogen and oxygen atoms in total. The van der Waals surface area contributed by atoms with Crippen molar-refractivity contribution >= 4 is 40.8 Å². The molecule has 2 aromatic carbocycles. The van der Waals surface area contributed by atoms with Crippen LogP contribution in [0.4, 0.5) is 0 Å². The van der Waals surface area contributed by atoms with Crippen molar-refractivity contribution < 1.29 is 14.3 Å². The van der Waals surface area contributed by atoms with Gasteiger partial charge in [0, 0.05) is 11.1 Å². The van der Waals surface area contributed by atoms with E-state index in [-0.39, 0.29) is 12.4 Å². The van der Waals surface area contributed by atoms with Crippen LogP contribution in [0.3, 0.4) is 0 Å². The fraction of sp³-hybridized carbons (Fsp3) is 0.188. The van der Waals surface area contributed by atoms with E-state index in [9.17, 15) is 4.79 Å². The second-order valence-electron chi connectivity index (χ2n) is 4.42. The number of hydrogen-bond donors (Lipinski definition) is 0. The molecule has 0 heterocycles. The Hall–Kier alpha value is -1.42. The highest BCUT2D eigenvalue weighted by Crippen LogP contribution is 2.35. The Bertz CT molecular complexity index is 686. The molecule has 0 aromatic heterocycles. The highest BCUT2D eigenvalue weighted by atomic mass is 35.5. The molecule has 0 aliphatic heterocycles. The summed E-state index contributed by atoms with van der Waals surface area (Å²) in [7, 11) is 0. The number of carbonyl (C=O) groups excluding carboxylic acids is 1. The quantitative estimate of drug-likeness (QED) is 0.657. The smallest absolute Gasteiger partial charge is 0.310 e. The minimum absolute atomic E-state index is 0.143. The first-order chi connectivity index (χ1) is 10.5. The molecule has 0 unspecified atom stereocenters. The number of hydrogen-bond acceptors (Lipinski definition) is 3. The summed E-state index contributed by atoms with van der Waals surface area (Å²) < 4.78 is 10.6. The first-order valence-electron chi connectivity index (χ1n) is 6.56. The molecule has 0 spiro atoms. The molecule has 0 fully saturated rings. The number of rotatable bonds is 5. The van der Waals surface area contributed by atoms with Crippen LogP contribution in [0.15, 0.2) is 36.4 Å². The molecule has 6 heteroatoms. The van der Waals surface area contributed by atoms with Crippen LogP contribution in [0.2, 0.25) is 15.1 Å². The topological polar surface area (TPSA) is 35.5 Å². The Morgan fingerprint density at radius 1 is 1.00 bits per heavy atom. The van der Waals surface area contributed by atoms with Gasteiger partial charge in [0.05, 0.1) is 23.1 Å². The van der Waals surface area contributed by atoms with Gasteiger partial charge < -0.3 is 9.47 Å². The van der Waals surface area contributed by atoms with Gasteiger partial charge in [0.2, 0.25) is 0 Å². The lowest BCUT2D eigenvalue weighted by Gasteiger charge is -2.11. The molecule has 0 aliphatic rings. The zero-order chi connectivity index (χ0) is 16.1. The van der Waals surface area contributed by atoms with E-state index in [4.69, 9.17) is 44.3 Å². The molecule has 116 valence electrons. The van der Waals surface area contributed by atoms with Crippen molar-refractivity contribution in [1.29, 1.82) is 0 Å². The Morgan fingerprint density at radius 3 is 2.32 bits per heavy atom. The molecular formula is C16H13Cl3O3. The largest absolute Gasteiger partial charge is 0.466 e. The monoisotopic (exact) mass is 358 g/mol. The van der Waals surface area contributed by atoms with Crippen LogP contribution in [-0.2, 0) is 16.0 Å². The van der Waals surface area contributed by atoms with Crippen molar-refractivity contribution in [3.05, 3.63) is 57.0 Å². The van der Waals surface area contributed by atoms with E-state index in [1.165, 1.54) is 0 Å².